The number of carbonyl (C=O) groups excluding carboxylic acids is 4. The number of phenolic OH excluding ortho intramolecular Hbond substituents is 1. The van der Waals surface area contributed by atoms with Crippen LogP contribution in [0.4, 0.5) is 0 Å². The van der Waals surface area contributed by atoms with Gasteiger partial charge in [0.15, 0.2) is 9.75 Å². The van der Waals surface area contributed by atoms with Crippen LogP contribution in [0.1, 0.15) is 50.0 Å². The van der Waals surface area contributed by atoms with E-state index in [1.807, 2.05) is 6.08 Å². The number of imide groups is 2. The van der Waals surface area contributed by atoms with Crippen LogP contribution in [0.5, 0.6) is 11.5 Å². The zero-order valence-corrected chi connectivity index (χ0v) is 25.2. The number of nitrogens with zero attached hydrogens (tertiary/aromatic N) is 2. The maximum Gasteiger partial charge on any atom is 0.303 e. The molecule has 5 rings (SSSR count). The number of ether oxygens (including phenoxy) is 1. The lowest BCUT2D eigenvalue weighted by molar-refractivity contribution is -0.141. The van der Waals surface area contributed by atoms with Gasteiger partial charge in [-0.15, -0.1) is 23.2 Å². The van der Waals surface area contributed by atoms with Gasteiger partial charge in [0.05, 0.1) is 24.4 Å². The molecule has 2 heterocycles. The molecule has 2 aliphatic heterocycles. The summed E-state index contributed by atoms with van der Waals surface area (Å²) in [6, 6.07) is 4.36. The van der Waals surface area contributed by atoms with Gasteiger partial charge in [0.25, 0.3) is 11.8 Å². The average Bonchev–Trinajstić information content (AvgIpc) is 3.26. The third kappa shape index (κ3) is 4.38. The number of fused-ring (bicyclic) bond motifs is 4. The molecule has 2 N–H and O–H groups in total. The normalized spacial score (nSPS) is 32.5. The van der Waals surface area contributed by atoms with Crippen molar-refractivity contribution >= 4 is 68.7 Å². The highest BCUT2D eigenvalue weighted by atomic mass is 79.9. The second kappa shape index (κ2) is 10.9. The third-order valence-corrected chi connectivity index (χ3v) is 10.8. The number of rotatable bonds is 9. The molecule has 1 aromatic rings. The van der Waals surface area contributed by atoms with Crippen LogP contribution in [0.3, 0.4) is 0 Å². The van der Waals surface area contributed by atoms with E-state index in [-0.39, 0.29) is 54.6 Å². The van der Waals surface area contributed by atoms with Crippen molar-refractivity contribution in [2.24, 2.45) is 17.8 Å². The van der Waals surface area contributed by atoms with E-state index in [4.69, 9.17) is 33.0 Å². The first-order valence-electron chi connectivity index (χ1n) is 13.4. The van der Waals surface area contributed by atoms with Crippen LogP contribution in [0.2, 0.25) is 0 Å². The van der Waals surface area contributed by atoms with Gasteiger partial charge in [0, 0.05) is 30.5 Å². The van der Waals surface area contributed by atoms with Crippen molar-refractivity contribution in [3.05, 3.63) is 35.4 Å². The number of hydrogen-bond donors (Lipinski definition) is 2. The Kier molecular flexibility index (Phi) is 7.93. The van der Waals surface area contributed by atoms with E-state index in [2.05, 4.69) is 15.9 Å². The molecule has 4 aliphatic rings. The number of likely N-dealkylation sites (tertiary alicyclic amines) is 2. The van der Waals surface area contributed by atoms with Crippen LogP contribution in [0.15, 0.2) is 29.8 Å². The highest BCUT2D eigenvalue weighted by Gasteiger charge is 2.76. The predicted molar refractivity (Wildman–Crippen MR) is 151 cm³/mol. The molecule has 6 atom stereocenters. The summed E-state index contributed by atoms with van der Waals surface area (Å²) in [5.74, 6) is -5.92. The number of carbonyl (C=O) groups is 5. The van der Waals surface area contributed by atoms with Crippen LogP contribution in [-0.2, 0) is 24.0 Å². The van der Waals surface area contributed by atoms with E-state index in [0.29, 0.717) is 30.4 Å². The molecule has 41 heavy (non-hydrogen) atoms. The van der Waals surface area contributed by atoms with Crippen molar-refractivity contribution in [1.29, 1.82) is 0 Å². The van der Waals surface area contributed by atoms with Crippen molar-refractivity contribution in [3.63, 3.8) is 0 Å². The number of carboxylic acid groups (broad SMARTS) is 1. The average molecular weight is 672 g/mol. The second-order valence-corrected chi connectivity index (χ2v) is 12.7. The number of aliphatic carboxylic acids is 1. The first-order valence-corrected chi connectivity index (χ1v) is 15.2. The summed E-state index contributed by atoms with van der Waals surface area (Å²) >= 11 is 17.6. The van der Waals surface area contributed by atoms with Gasteiger partial charge in [-0.05, 0) is 37.7 Å². The highest BCUT2D eigenvalue weighted by molar-refractivity contribution is 9.09. The fourth-order valence-electron chi connectivity index (χ4n) is 7.05. The summed E-state index contributed by atoms with van der Waals surface area (Å²) in [5.41, 5.74) is 0.920. The Morgan fingerprint density at radius 2 is 1.80 bits per heavy atom. The quantitative estimate of drug-likeness (QED) is 0.133. The lowest BCUT2D eigenvalue weighted by Gasteiger charge is -2.51. The van der Waals surface area contributed by atoms with E-state index in [0.717, 1.165) is 4.90 Å². The minimum atomic E-state index is -1.96. The Balaban J connectivity index is 1.56. The van der Waals surface area contributed by atoms with Gasteiger partial charge in [-0.3, -0.25) is 33.8 Å². The van der Waals surface area contributed by atoms with E-state index >= 15 is 0 Å². The number of benzene rings is 1. The van der Waals surface area contributed by atoms with Crippen molar-refractivity contribution in [2.45, 2.75) is 54.2 Å². The van der Waals surface area contributed by atoms with Crippen LogP contribution < -0.4 is 4.74 Å². The first kappa shape index (κ1) is 29.8. The molecule has 1 saturated carbocycles. The summed E-state index contributed by atoms with van der Waals surface area (Å²) in [4.78, 5) is 63.8. The topological polar surface area (TPSA) is 142 Å². The third-order valence-electron chi connectivity index (χ3n) is 8.91. The Hall–Kier alpha value is -2.63. The Labute approximate surface area is 254 Å². The minimum Gasteiger partial charge on any atom is -0.508 e. The number of phenols is 1. The maximum absolute atomic E-state index is 13.8. The first-order chi connectivity index (χ1) is 19.4. The van der Waals surface area contributed by atoms with Gasteiger partial charge in [0.1, 0.15) is 11.5 Å². The summed E-state index contributed by atoms with van der Waals surface area (Å²) in [5, 5.41) is 19.0. The van der Waals surface area contributed by atoms with Gasteiger partial charge >= 0.3 is 5.97 Å². The highest BCUT2D eigenvalue weighted by Crippen LogP contribution is 2.66. The number of aromatic hydroxyl groups is 1. The fraction of sp³-hybridized carbons (Fsp3) is 0.536. The van der Waals surface area contributed by atoms with Gasteiger partial charge in [-0.2, -0.15) is 0 Å². The molecule has 0 spiro atoms. The molecule has 0 unspecified atom stereocenters. The van der Waals surface area contributed by atoms with Gasteiger partial charge in [-0.1, -0.05) is 40.1 Å². The molecule has 4 amide bonds. The minimum absolute atomic E-state index is 0.0146. The zero-order valence-electron chi connectivity index (χ0n) is 22.1. The molecule has 0 radical (unpaired) electrons. The van der Waals surface area contributed by atoms with Crippen LogP contribution in [0.25, 0.3) is 0 Å². The molecule has 13 heteroatoms. The number of carboxylic acids is 1. The molecule has 3 fully saturated rings. The van der Waals surface area contributed by atoms with Crippen LogP contribution in [-0.4, -0.2) is 78.5 Å². The standard InChI is InChI=1S/C28H29BrCl2N2O8/c1-41-19-11-14(34)6-7-16(19)22-15-8-9-17-21(24(38)32(23(17)37)10-4-2-3-5-20(35)36)18(15)12-27(30)25(39)33(13-29)26(40)28(22,27)31/h6-8,11,17-18,21-22,34H,2-5,9-10,12-13H2,1H3,(H,35,36)/t17-,18+,21-,22+,27+,28-/m0/s1. The smallest absolute Gasteiger partial charge is 0.303 e. The SMILES string of the molecule is COc1cc(O)ccc1[C@H]1C2=CC[C@@H]3C(=O)N(CCCCCC(=O)O)C(=O)[C@@H]3[C@@H]2C[C@@]2(Cl)C(=O)N(CBr)C(=O)[C@@]12Cl. The number of unbranched alkanes of at least 4 members (excludes halogenated alkanes) is 2. The fourth-order valence-corrected chi connectivity index (χ4v) is 8.46. The summed E-state index contributed by atoms with van der Waals surface area (Å²) < 4.78 is 5.55. The Morgan fingerprint density at radius 1 is 1.07 bits per heavy atom. The van der Waals surface area contributed by atoms with E-state index in [1.54, 1.807) is 6.07 Å². The largest absolute Gasteiger partial charge is 0.508 e. The molecule has 2 aliphatic carbocycles. The Morgan fingerprint density at radius 3 is 2.46 bits per heavy atom. The van der Waals surface area contributed by atoms with Gasteiger partial charge in [-0.25, -0.2) is 0 Å². The summed E-state index contributed by atoms with van der Waals surface area (Å²) in [6.45, 7) is 0.168. The number of halogens is 3. The van der Waals surface area contributed by atoms with E-state index < -0.39 is 51.2 Å². The second-order valence-electron chi connectivity index (χ2n) is 10.9. The predicted octanol–water partition coefficient (Wildman–Crippen LogP) is 3.76. The summed E-state index contributed by atoms with van der Waals surface area (Å²) in [6.07, 6.45) is 3.42. The lowest BCUT2D eigenvalue weighted by Crippen LogP contribution is -2.60. The van der Waals surface area contributed by atoms with Gasteiger partial charge < -0.3 is 14.9 Å². The number of methoxy groups -OCH3 is 1. The van der Waals surface area contributed by atoms with Crippen LogP contribution >= 0.6 is 39.1 Å². The van der Waals surface area contributed by atoms with Crippen molar-refractivity contribution in [2.75, 3.05) is 19.1 Å². The Bertz CT molecular complexity index is 1370. The molecular formula is C28H29BrCl2N2O8. The van der Waals surface area contributed by atoms with Crippen molar-refractivity contribution in [3.8, 4) is 11.5 Å². The van der Waals surface area contributed by atoms with Crippen molar-refractivity contribution < 1.29 is 38.9 Å². The zero-order chi connectivity index (χ0) is 29.9. The molecule has 0 bridgehead atoms. The summed E-state index contributed by atoms with van der Waals surface area (Å²) in [7, 11) is 1.40. The van der Waals surface area contributed by atoms with Crippen LogP contribution in [0, 0.1) is 17.8 Å². The van der Waals surface area contributed by atoms with E-state index in [1.165, 1.54) is 24.1 Å². The molecule has 2 saturated heterocycles. The number of amides is 4. The molecule has 10 nitrogen and oxygen atoms in total. The molecule has 0 aromatic heterocycles. The molecular weight excluding hydrogens is 643 g/mol. The molecule has 220 valence electrons. The van der Waals surface area contributed by atoms with Crippen molar-refractivity contribution in [1.82, 2.24) is 9.80 Å². The lowest BCUT2D eigenvalue weighted by atomic mass is 9.56. The number of alkyl halides is 3. The van der Waals surface area contributed by atoms with E-state index in [9.17, 15) is 29.1 Å². The number of allylic oxidation sites excluding steroid dienone is 2. The van der Waals surface area contributed by atoms with Gasteiger partial charge in [0.2, 0.25) is 11.8 Å². The molecule has 1 aromatic carbocycles. The maximum atomic E-state index is 13.8. The monoisotopic (exact) mass is 670 g/mol. The number of hydrogen-bond acceptors (Lipinski definition) is 7.